The molecule has 3 heteroatoms. The zero-order valence-corrected chi connectivity index (χ0v) is 6.09. The van der Waals surface area contributed by atoms with E-state index in [2.05, 4.69) is 5.10 Å². The number of H-pyrrole nitrogens is 1. The van der Waals surface area contributed by atoms with Crippen molar-refractivity contribution in [3.05, 3.63) is 11.8 Å². The highest BCUT2D eigenvalue weighted by Gasteiger charge is 2.27. The van der Waals surface area contributed by atoms with Crippen LogP contribution in [0, 0.1) is 0 Å². The van der Waals surface area contributed by atoms with E-state index in [4.69, 9.17) is 5.73 Å². The summed E-state index contributed by atoms with van der Waals surface area (Å²) in [5.74, 6) is 1.59. The highest BCUT2D eigenvalue weighted by Crippen LogP contribution is 2.38. The summed E-state index contributed by atoms with van der Waals surface area (Å²) < 4.78 is 1.85. The van der Waals surface area contributed by atoms with E-state index in [-0.39, 0.29) is 0 Å². The van der Waals surface area contributed by atoms with Crippen LogP contribution in [0.5, 0.6) is 0 Å². The SMILES string of the molecule is C[n+]1[nH]c(C2CC2)cc1N. The maximum absolute atomic E-state index is 5.64. The van der Waals surface area contributed by atoms with Gasteiger partial charge in [-0.15, -0.1) is 0 Å². The number of nitrogens with one attached hydrogen (secondary N) is 1. The van der Waals surface area contributed by atoms with Crippen LogP contribution in [-0.4, -0.2) is 5.10 Å². The minimum absolute atomic E-state index is 0.767. The zero-order valence-electron chi connectivity index (χ0n) is 6.09. The Morgan fingerprint density at radius 3 is 2.80 bits per heavy atom. The third-order valence-corrected chi connectivity index (χ3v) is 2.00. The van der Waals surface area contributed by atoms with Gasteiger partial charge in [0.15, 0.2) is 0 Å². The van der Waals surface area contributed by atoms with Crippen LogP contribution in [0.25, 0.3) is 0 Å². The molecule has 10 heavy (non-hydrogen) atoms. The number of nitrogens with zero attached hydrogens (tertiary/aromatic N) is 1. The van der Waals surface area contributed by atoms with Crippen molar-refractivity contribution in [2.75, 3.05) is 5.73 Å². The second-order valence-electron chi connectivity index (χ2n) is 2.97. The molecular formula is C7H12N3+. The Bertz CT molecular complexity index is 228. The van der Waals surface area contributed by atoms with Crippen LogP contribution in [0.3, 0.4) is 0 Å². The summed E-state index contributed by atoms with van der Waals surface area (Å²) in [6, 6.07) is 2.03. The second-order valence-corrected chi connectivity index (χ2v) is 2.97. The number of hydrogen-bond donors (Lipinski definition) is 2. The molecule has 2 rings (SSSR count). The third kappa shape index (κ3) is 0.781. The largest absolute Gasteiger partial charge is 0.292 e. The Kier molecular flexibility index (Phi) is 1.01. The summed E-state index contributed by atoms with van der Waals surface area (Å²) in [7, 11) is 1.93. The smallest absolute Gasteiger partial charge is 0.285 e. The van der Waals surface area contributed by atoms with E-state index in [9.17, 15) is 0 Å². The molecule has 3 nitrogen and oxygen atoms in total. The summed E-state index contributed by atoms with van der Waals surface area (Å²) in [5, 5.41) is 3.20. The van der Waals surface area contributed by atoms with E-state index >= 15 is 0 Å². The first kappa shape index (κ1) is 5.77. The Morgan fingerprint density at radius 1 is 1.70 bits per heavy atom. The normalized spacial score (nSPS) is 17.7. The Labute approximate surface area is 59.8 Å². The maximum Gasteiger partial charge on any atom is 0.292 e. The summed E-state index contributed by atoms with van der Waals surface area (Å²) in [4.78, 5) is 0. The van der Waals surface area contributed by atoms with Gasteiger partial charge in [-0.25, -0.2) is 5.10 Å². The molecule has 0 bridgehead atoms. The Balaban J connectivity index is 2.34. The van der Waals surface area contributed by atoms with Gasteiger partial charge in [0.1, 0.15) is 7.05 Å². The quantitative estimate of drug-likeness (QED) is 0.539. The predicted molar refractivity (Wildman–Crippen MR) is 38.4 cm³/mol. The standard InChI is InChI=1S/C7H11N3/c1-10-7(8)4-6(9-10)5-2-3-5/h4-5H,2-3H2,1H3,(H2,8,9)/p+1. The Hall–Kier alpha value is -0.990. The average Bonchev–Trinajstić information content (AvgIpc) is 2.64. The topological polar surface area (TPSA) is 45.7 Å². The molecule has 0 radical (unpaired) electrons. The van der Waals surface area contributed by atoms with Crippen molar-refractivity contribution in [3.63, 3.8) is 0 Å². The van der Waals surface area contributed by atoms with E-state index in [0.717, 1.165) is 11.7 Å². The molecule has 0 aromatic carbocycles. The van der Waals surface area contributed by atoms with Gasteiger partial charge in [0.25, 0.3) is 5.82 Å². The molecule has 0 atom stereocenters. The first-order valence-electron chi connectivity index (χ1n) is 3.62. The van der Waals surface area contributed by atoms with Gasteiger partial charge in [0.2, 0.25) is 0 Å². The highest BCUT2D eigenvalue weighted by atomic mass is 15.3. The number of hydrogen-bond acceptors (Lipinski definition) is 1. The molecular weight excluding hydrogens is 126 g/mol. The lowest BCUT2D eigenvalue weighted by Crippen LogP contribution is -2.32. The Morgan fingerprint density at radius 2 is 2.40 bits per heavy atom. The van der Waals surface area contributed by atoms with Gasteiger partial charge in [0.05, 0.1) is 11.8 Å². The van der Waals surface area contributed by atoms with Crippen LogP contribution in [0.15, 0.2) is 6.07 Å². The minimum Gasteiger partial charge on any atom is -0.285 e. The van der Waals surface area contributed by atoms with Crippen LogP contribution >= 0.6 is 0 Å². The number of aryl methyl sites for hydroxylation is 1. The second kappa shape index (κ2) is 1.75. The lowest BCUT2D eigenvalue weighted by atomic mass is 10.3. The first-order chi connectivity index (χ1) is 4.77. The van der Waals surface area contributed by atoms with Gasteiger partial charge >= 0.3 is 0 Å². The zero-order chi connectivity index (χ0) is 7.14. The molecule has 1 aliphatic rings. The molecule has 1 heterocycles. The number of nitrogens with two attached hydrogens (primary N) is 1. The van der Waals surface area contributed by atoms with Crippen LogP contribution in [0.1, 0.15) is 24.5 Å². The summed E-state index contributed by atoms with van der Waals surface area (Å²) in [5.41, 5.74) is 6.93. The van der Waals surface area contributed by atoms with E-state index < -0.39 is 0 Å². The van der Waals surface area contributed by atoms with Crippen LogP contribution in [0.4, 0.5) is 5.82 Å². The van der Waals surface area contributed by atoms with Crippen LogP contribution in [0.2, 0.25) is 0 Å². The van der Waals surface area contributed by atoms with Crippen molar-refractivity contribution < 1.29 is 4.68 Å². The fraction of sp³-hybridized carbons (Fsp3) is 0.571. The van der Waals surface area contributed by atoms with Crippen molar-refractivity contribution in [2.45, 2.75) is 18.8 Å². The van der Waals surface area contributed by atoms with Gasteiger partial charge in [-0.05, 0) is 12.8 Å². The summed E-state index contributed by atoms with van der Waals surface area (Å²) in [6.45, 7) is 0. The molecule has 0 unspecified atom stereocenters. The van der Waals surface area contributed by atoms with Crippen molar-refractivity contribution in [1.82, 2.24) is 5.10 Å². The van der Waals surface area contributed by atoms with Gasteiger partial charge < -0.3 is 0 Å². The number of nitrogen functional groups attached to an aromatic ring is 1. The van der Waals surface area contributed by atoms with Crippen molar-refractivity contribution in [2.24, 2.45) is 7.05 Å². The molecule has 1 saturated carbocycles. The van der Waals surface area contributed by atoms with Crippen LogP contribution < -0.4 is 10.4 Å². The molecule has 1 aliphatic carbocycles. The van der Waals surface area contributed by atoms with Crippen LogP contribution in [-0.2, 0) is 7.05 Å². The minimum atomic E-state index is 0.767. The fourth-order valence-electron chi connectivity index (χ4n) is 1.15. The number of aromatic nitrogens is 2. The number of anilines is 1. The fourth-order valence-corrected chi connectivity index (χ4v) is 1.15. The molecule has 0 aliphatic heterocycles. The molecule has 0 saturated heterocycles. The van der Waals surface area contributed by atoms with Crippen molar-refractivity contribution in [1.29, 1.82) is 0 Å². The van der Waals surface area contributed by atoms with Gasteiger partial charge in [-0.2, -0.15) is 4.68 Å². The maximum atomic E-state index is 5.64. The molecule has 1 fully saturated rings. The van der Waals surface area contributed by atoms with Gasteiger partial charge in [-0.3, -0.25) is 5.73 Å². The average molecular weight is 138 g/mol. The summed E-state index contributed by atoms with van der Waals surface area (Å²) >= 11 is 0. The number of aromatic amines is 1. The molecule has 54 valence electrons. The van der Waals surface area contributed by atoms with E-state index in [1.807, 2.05) is 17.8 Å². The van der Waals surface area contributed by atoms with Gasteiger partial charge in [-0.1, -0.05) is 0 Å². The highest BCUT2D eigenvalue weighted by molar-refractivity contribution is 5.26. The number of rotatable bonds is 1. The predicted octanol–water partition coefficient (Wildman–Crippen LogP) is 0.299. The molecule has 1 aromatic heterocycles. The van der Waals surface area contributed by atoms with E-state index in [1.165, 1.54) is 18.5 Å². The summed E-state index contributed by atoms with van der Waals surface area (Å²) in [6.07, 6.45) is 2.64. The van der Waals surface area contributed by atoms with Gasteiger partial charge in [0, 0.05) is 5.92 Å². The monoisotopic (exact) mass is 138 g/mol. The van der Waals surface area contributed by atoms with Crippen molar-refractivity contribution in [3.8, 4) is 0 Å². The van der Waals surface area contributed by atoms with E-state index in [0.29, 0.717) is 0 Å². The first-order valence-corrected chi connectivity index (χ1v) is 3.62. The van der Waals surface area contributed by atoms with Crippen molar-refractivity contribution >= 4 is 5.82 Å². The third-order valence-electron chi connectivity index (χ3n) is 2.00. The molecule has 0 spiro atoms. The molecule has 3 N–H and O–H groups in total. The molecule has 1 aromatic rings. The lowest BCUT2D eigenvalue weighted by molar-refractivity contribution is -0.713. The lowest BCUT2D eigenvalue weighted by Gasteiger charge is -1.84. The van der Waals surface area contributed by atoms with E-state index in [1.54, 1.807) is 0 Å². The molecule has 0 amide bonds.